The lowest BCUT2D eigenvalue weighted by molar-refractivity contribution is -0.117. The summed E-state index contributed by atoms with van der Waals surface area (Å²) in [5.41, 5.74) is 2.79. The molecule has 34 heavy (non-hydrogen) atoms. The zero-order valence-electron chi connectivity index (χ0n) is 18.5. The minimum absolute atomic E-state index is 0.00833. The molecule has 0 bridgehead atoms. The van der Waals surface area contributed by atoms with Gasteiger partial charge in [0.05, 0.1) is 11.6 Å². The minimum Gasteiger partial charge on any atom is -0.503 e. The number of rotatable bonds is 5. The number of furan rings is 1. The first-order valence-corrected chi connectivity index (χ1v) is 11.5. The summed E-state index contributed by atoms with van der Waals surface area (Å²) < 4.78 is 6.65. The molecule has 1 N–H and O–H groups in total. The second-order valence-corrected chi connectivity index (χ2v) is 9.20. The summed E-state index contributed by atoms with van der Waals surface area (Å²) in [6, 6.07) is 22.8. The van der Waals surface area contributed by atoms with Gasteiger partial charge >= 0.3 is 0 Å². The minimum atomic E-state index is -0.800. The number of ketones is 1. The Kier molecular flexibility index (Phi) is 5.49. The number of aliphatic hydroxyl groups excluding tert-OH is 1. The van der Waals surface area contributed by atoms with Crippen LogP contribution < -0.4 is 9.80 Å². The number of hydrogen-bond donors (Lipinski definition) is 1. The van der Waals surface area contributed by atoms with Crippen molar-refractivity contribution in [2.24, 2.45) is 0 Å². The number of Topliss-reactive ketones (excluding diaryl/α,β-unsaturated/α-hetero) is 1. The first-order chi connectivity index (χ1) is 16.3. The van der Waals surface area contributed by atoms with Gasteiger partial charge in [0.1, 0.15) is 5.58 Å². The quantitative estimate of drug-likeness (QED) is 0.327. The molecule has 1 amide bonds. The number of carbonyl (C=O) groups excluding carboxylic acids is 2. The van der Waals surface area contributed by atoms with Crippen LogP contribution in [-0.2, 0) is 4.79 Å². The van der Waals surface area contributed by atoms with Gasteiger partial charge in [0, 0.05) is 35.3 Å². The average Bonchev–Trinajstić information content (AvgIpc) is 3.38. The second-order valence-electron chi connectivity index (χ2n) is 8.28. The van der Waals surface area contributed by atoms with E-state index >= 15 is 0 Å². The summed E-state index contributed by atoms with van der Waals surface area (Å²) in [6.07, 6.45) is 0. The molecule has 0 fully saturated rings. The molecule has 5 rings (SSSR count). The molecule has 4 aromatic rings. The van der Waals surface area contributed by atoms with Crippen LogP contribution in [0.3, 0.4) is 0 Å². The highest BCUT2D eigenvalue weighted by molar-refractivity contribution is 9.10. The number of fused-ring (bicyclic) bond motifs is 1. The highest BCUT2D eigenvalue weighted by atomic mass is 79.9. The predicted molar refractivity (Wildman–Crippen MR) is 135 cm³/mol. The van der Waals surface area contributed by atoms with Crippen molar-refractivity contribution in [1.82, 2.24) is 0 Å². The van der Waals surface area contributed by atoms with Gasteiger partial charge in [-0.1, -0.05) is 46.3 Å². The van der Waals surface area contributed by atoms with E-state index in [1.165, 1.54) is 4.90 Å². The fourth-order valence-corrected chi connectivity index (χ4v) is 4.60. The highest BCUT2D eigenvalue weighted by Gasteiger charge is 2.45. The fourth-order valence-electron chi connectivity index (χ4n) is 4.22. The van der Waals surface area contributed by atoms with Crippen LogP contribution in [0.2, 0.25) is 0 Å². The number of nitrogens with zero attached hydrogens (tertiary/aromatic N) is 2. The van der Waals surface area contributed by atoms with Crippen LogP contribution in [0.15, 0.2) is 99.1 Å². The average molecular weight is 517 g/mol. The molecule has 1 aliphatic rings. The van der Waals surface area contributed by atoms with Gasteiger partial charge in [-0.2, -0.15) is 0 Å². The number of halogens is 1. The van der Waals surface area contributed by atoms with E-state index in [0.717, 1.165) is 15.5 Å². The normalized spacial score (nSPS) is 15.9. The Hall–Kier alpha value is -3.84. The molecular weight excluding hydrogens is 496 g/mol. The smallest absolute Gasteiger partial charge is 0.294 e. The maximum atomic E-state index is 13.7. The molecule has 6 nitrogen and oxygen atoms in total. The highest BCUT2D eigenvalue weighted by Crippen LogP contribution is 2.42. The molecule has 170 valence electrons. The van der Waals surface area contributed by atoms with Gasteiger partial charge in [-0.3, -0.25) is 14.5 Å². The first-order valence-electron chi connectivity index (χ1n) is 10.7. The zero-order chi connectivity index (χ0) is 24.0. The van der Waals surface area contributed by atoms with E-state index in [1.54, 1.807) is 12.1 Å². The molecule has 1 aliphatic heterocycles. The lowest BCUT2D eigenvalue weighted by atomic mass is 9.95. The fraction of sp³-hybridized carbons (Fsp3) is 0.111. The van der Waals surface area contributed by atoms with Crippen LogP contribution >= 0.6 is 15.9 Å². The van der Waals surface area contributed by atoms with Gasteiger partial charge in [-0.15, -0.1) is 0 Å². The summed E-state index contributed by atoms with van der Waals surface area (Å²) in [7, 11) is 3.86. The maximum Gasteiger partial charge on any atom is 0.294 e. The molecule has 0 saturated carbocycles. The number of aliphatic hydroxyl groups is 1. The lowest BCUT2D eigenvalue weighted by Crippen LogP contribution is -2.31. The number of benzene rings is 3. The van der Waals surface area contributed by atoms with Crippen LogP contribution in [0, 0.1) is 0 Å². The van der Waals surface area contributed by atoms with Crippen molar-refractivity contribution in [3.05, 3.63) is 106 Å². The second kappa shape index (κ2) is 8.50. The van der Waals surface area contributed by atoms with Gasteiger partial charge < -0.3 is 14.4 Å². The van der Waals surface area contributed by atoms with Crippen molar-refractivity contribution >= 4 is 50.0 Å². The van der Waals surface area contributed by atoms with Crippen LogP contribution in [-0.4, -0.2) is 30.9 Å². The third-order valence-corrected chi connectivity index (χ3v) is 6.41. The number of carbonyl (C=O) groups is 2. The van der Waals surface area contributed by atoms with Gasteiger partial charge in [-0.25, -0.2) is 0 Å². The predicted octanol–water partition coefficient (Wildman–Crippen LogP) is 6.04. The summed E-state index contributed by atoms with van der Waals surface area (Å²) in [6.45, 7) is 0. The Labute approximate surface area is 204 Å². The van der Waals surface area contributed by atoms with Gasteiger partial charge in [0.25, 0.3) is 5.91 Å². The van der Waals surface area contributed by atoms with Crippen LogP contribution in [0.4, 0.5) is 11.4 Å². The molecule has 2 heterocycles. The monoisotopic (exact) mass is 516 g/mol. The molecule has 7 heteroatoms. The van der Waals surface area contributed by atoms with Gasteiger partial charge in [-0.05, 0) is 54.1 Å². The van der Waals surface area contributed by atoms with Gasteiger partial charge in [0.15, 0.2) is 11.5 Å². The van der Waals surface area contributed by atoms with Gasteiger partial charge in [0.2, 0.25) is 5.78 Å². The van der Waals surface area contributed by atoms with Crippen LogP contribution in [0.1, 0.15) is 22.2 Å². The molecule has 0 saturated heterocycles. The maximum absolute atomic E-state index is 13.7. The molecule has 1 unspecified atom stereocenters. The number of amides is 1. The Morgan fingerprint density at radius 2 is 1.71 bits per heavy atom. The number of hydrogen-bond acceptors (Lipinski definition) is 5. The lowest BCUT2D eigenvalue weighted by Gasteiger charge is -2.27. The Balaban J connectivity index is 1.62. The van der Waals surface area contributed by atoms with Crippen molar-refractivity contribution < 1.29 is 19.1 Å². The summed E-state index contributed by atoms with van der Waals surface area (Å²) in [4.78, 5) is 30.4. The zero-order valence-corrected chi connectivity index (χ0v) is 20.1. The van der Waals surface area contributed by atoms with Crippen molar-refractivity contribution in [2.45, 2.75) is 6.04 Å². The van der Waals surface area contributed by atoms with Crippen molar-refractivity contribution in [3.63, 3.8) is 0 Å². The standard InChI is InChI=1S/C27H21BrN2O4/c1-29(2)19-9-11-20(12-10-19)30-24(16-6-4-3-5-7-16)23(26(32)27(30)33)25(31)22-15-17-14-18(28)8-13-21(17)34-22/h3-15,24,32H,1-2H3. The van der Waals surface area contributed by atoms with E-state index in [0.29, 0.717) is 16.8 Å². The number of anilines is 2. The molecule has 0 aliphatic carbocycles. The van der Waals surface area contributed by atoms with E-state index in [4.69, 9.17) is 4.42 Å². The Morgan fingerprint density at radius 1 is 1.00 bits per heavy atom. The van der Waals surface area contributed by atoms with Crippen LogP contribution in [0.5, 0.6) is 0 Å². The molecular formula is C27H21BrN2O4. The van der Waals surface area contributed by atoms with Crippen LogP contribution in [0.25, 0.3) is 11.0 Å². The van der Waals surface area contributed by atoms with E-state index in [9.17, 15) is 14.7 Å². The summed E-state index contributed by atoms with van der Waals surface area (Å²) >= 11 is 3.42. The summed E-state index contributed by atoms with van der Waals surface area (Å²) in [5.74, 6) is -1.67. The SMILES string of the molecule is CN(C)c1ccc(N2C(=O)C(O)=C(C(=O)c3cc4cc(Br)ccc4o3)C2c2ccccc2)cc1. The topological polar surface area (TPSA) is 74.0 Å². The largest absolute Gasteiger partial charge is 0.503 e. The van der Waals surface area contributed by atoms with Crippen molar-refractivity contribution in [3.8, 4) is 0 Å². The molecule has 3 aromatic carbocycles. The van der Waals surface area contributed by atoms with E-state index < -0.39 is 23.5 Å². The Bertz CT molecular complexity index is 1440. The van der Waals surface area contributed by atoms with E-state index in [-0.39, 0.29) is 11.3 Å². The molecule has 0 radical (unpaired) electrons. The molecule has 0 spiro atoms. The van der Waals surface area contributed by atoms with E-state index in [2.05, 4.69) is 15.9 Å². The Morgan fingerprint density at radius 3 is 2.38 bits per heavy atom. The molecule has 1 atom stereocenters. The third-order valence-electron chi connectivity index (χ3n) is 5.91. The van der Waals surface area contributed by atoms with Crippen molar-refractivity contribution in [2.75, 3.05) is 23.9 Å². The molecule has 1 aromatic heterocycles. The first kappa shape index (κ1) is 22.0. The van der Waals surface area contributed by atoms with Crippen molar-refractivity contribution in [1.29, 1.82) is 0 Å². The summed E-state index contributed by atoms with van der Waals surface area (Å²) in [5, 5.41) is 11.7. The third kappa shape index (κ3) is 3.68. The van der Waals surface area contributed by atoms with E-state index in [1.807, 2.05) is 85.7 Å².